The topological polar surface area (TPSA) is 89.2 Å². The van der Waals surface area contributed by atoms with Crippen molar-refractivity contribution in [1.82, 2.24) is 18.8 Å². The zero-order valence-electron chi connectivity index (χ0n) is 16.4. The van der Waals surface area contributed by atoms with Gasteiger partial charge in [0.1, 0.15) is 11.4 Å². The maximum Gasteiger partial charge on any atom is 0.278 e. The first-order valence-corrected chi connectivity index (χ1v) is 10.5. The summed E-state index contributed by atoms with van der Waals surface area (Å²) in [5, 5.41) is 4.13. The van der Waals surface area contributed by atoms with Crippen molar-refractivity contribution in [3.63, 3.8) is 0 Å². The first kappa shape index (κ1) is 19.6. The highest BCUT2D eigenvalue weighted by molar-refractivity contribution is 7.89. The van der Waals surface area contributed by atoms with Crippen LogP contribution in [0.15, 0.2) is 83.3 Å². The van der Waals surface area contributed by atoms with Gasteiger partial charge in [-0.15, -0.1) is 0 Å². The molecule has 0 amide bonds. The van der Waals surface area contributed by atoms with Crippen LogP contribution in [-0.2, 0) is 10.0 Å². The Hall–Kier alpha value is -3.72. The van der Waals surface area contributed by atoms with Gasteiger partial charge in [0.2, 0.25) is 0 Å². The van der Waals surface area contributed by atoms with Crippen molar-refractivity contribution >= 4 is 21.9 Å². The molecule has 30 heavy (non-hydrogen) atoms. The number of imidazole rings is 1. The van der Waals surface area contributed by atoms with Crippen LogP contribution in [0.25, 0.3) is 16.8 Å². The molecule has 1 aromatic carbocycles. The van der Waals surface area contributed by atoms with Crippen LogP contribution >= 0.6 is 0 Å². The fourth-order valence-corrected chi connectivity index (χ4v) is 3.86. The highest BCUT2D eigenvalue weighted by Crippen LogP contribution is 2.20. The number of fused-ring (bicyclic) bond motifs is 1. The summed E-state index contributed by atoms with van der Waals surface area (Å²) in [4.78, 5) is 8.61. The van der Waals surface area contributed by atoms with Gasteiger partial charge in [0, 0.05) is 36.8 Å². The van der Waals surface area contributed by atoms with Gasteiger partial charge in [-0.3, -0.25) is 9.38 Å². The van der Waals surface area contributed by atoms with E-state index in [4.69, 9.17) is 4.74 Å². The summed E-state index contributed by atoms with van der Waals surface area (Å²) in [6, 6.07) is 13.8. The average molecular weight is 421 g/mol. The van der Waals surface area contributed by atoms with E-state index in [0.717, 1.165) is 21.2 Å². The van der Waals surface area contributed by atoms with Crippen molar-refractivity contribution in [2.75, 3.05) is 14.2 Å². The molecule has 3 aromatic heterocycles. The van der Waals surface area contributed by atoms with E-state index in [1.54, 1.807) is 30.7 Å². The van der Waals surface area contributed by atoms with E-state index in [1.165, 1.54) is 32.5 Å². The molecule has 0 N–H and O–H groups in total. The van der Waals surface area contributed by atoms with Crippen molar-refractivity contribution in [1.29, 1.82) is 0 Å². The Bertz CT molecular complexity index is 1300. The molecule has 0 unspecified atom stereocenters. The molecule has 0 saturated heterocycles. The van der Waals surface area contributed by atoms with Crippen LogP contribution in [0.5, 0.6) is 5.75 Å². The first-order chi connectivity index (χ1) is 14.5. The smallest absolute Gasteiger partial charge is 0.278 e. The van der Waals surface area contributed by atoms with Crippen molar-refractivity contribution < 1.29 is 13.2 Å². The van der Waals surface area contributed by atoms with Gasteiger partial charge in [0.15, 0.2) is 0 Å². The van der Waals surface area contributed by atoms with Gasteiger partial charge in [-0.1, -0.05) is 6.07 Å². The predicted octanol–water partition coefficient (Wildman–Crippen LogP) is 3.06. The van der Waals surface area contributed by atoms with Crippen LogP contribution in [0.2, 0.25) is 0 Å². The minimum atomic E-state index is -3.78. The molecule has 0 bridgehead atoms. The zero-order valence-corrected chi connectivity index (χ0v) is 17.2. The quantitative estimate of drug-likeness (QED) is 0.353. The molecule has 0 fully saturated rings. The second-order valence-corrected chi connectivity index (χ2v) is 8.38. The summed E-state index contributed by atoms with van der Waals surface area (Å²) in [5.41, 5.74) is 3.30. The van der Waals surface area contributed by atoms with Crippen LogP contribution in [0.3, 0.4) is 0 Å². The van der Waals surface area contributed by atoms with Crippen molar-refractivity contribution in [2.45, 2.75) is 4.90 Å². The van der Waals surface area contributed by atoms with E-state index >= 15 is 0 Å². The zero-order chi connectivity index (χ0) is 21.1. The lowest BCUT2D eigenvalue weighted by Crippen LogP contribution is -2.22. The van der Waals surface area contributed by atoms with Gasteiger partial charge in [0.25, 0.3) is 10.0 Å². The third-order valence-electron chi connectivity index (χ3n) is 4.59. The summed E-state index contributed by atoms with van der Waals surface area (Å²) in [7, 11) is -0.867. The SMILES string of the molecule is COc1ccc(S(=O)(=O)N(C)N=Cc2cnc3ccc(-c4cccnc4)cn23)cc1. The van der Waals surface area contributed by atoms with Crippen LogP contribution in [0, 0.1) is 0 Å². The van der Waals surface area contributed by atoms with Crippen LogP contribution in [0.4, 0.5) is 0 Å². The predicted molar refractivity (Wildman–Crippen MR) is 114 cm³/mol. The third kappa shape index (κ3) is 3.74. The lowest BCUT2D eigenvalue weighted by molar-refractivity contribution is 0.414. The normalized spacial score (nSPS) is 11.8. The maximum absolute atomic E-state index is 12.7. The van der Waals surface area contributed by atoms with Gasteiger partial charge in [0.05, 0.1) is 30.1 Å². The molecule has 4 rings (SSSR count). The fourth-order valence-electron chi connectivity index (χ4n) is 2.90. The number of benzene rings is 1. The Morgan fingerprint density at radius 3 is 2.57 bits per heavy atom. The molecule has 0 radical (unpaired) electrons. The number of aromatic nitrogens is 3. The highest BCUT2D eigenvalue weighted by atomic mass is 32.2. The number of hydrogen-bond donors (Lipinski definition) is 0. The summed E-state index contributed by atoms with van der Waals surface area (Å²) in [6.45, 7) is 0. The van der Waals surface area contributed by atoms with Crippen LogP contribution in [-0.4, -0.2) is 47.6 Å². The molecular weight excluding hydrogens is 402 g/mol. The molecule has 0 aliphatic heterocycles. The van der Waals surface area contributed by atoms with E-state index in [-0.39, 0.29) is 4.90 Å². The molecule has 0 saturated carbocycles. The Morgan fingerprint density at radius 1 is 1.07 bits per heavy atom. The Labute approximate surface area is 174 Å². The molecule has 9 heteroatoms. The third-order valence-corrected chi connectivity index (χ3v) is 6.24. The standard InChI is InChI=1S/C21H19N5O3S/c1-25(30(27,28)20-8-6-19(29-2)7-9-20)24-14-18-13-23-21-10-5-17(15-26(18)21)16-4-3-11-22-12-16/h3-15H,1-2H3. The van der Waals surface area contributed by atoms with Crippen LogP contribution < -0.4 is 4.74 Å². The van der Waals surface area contributed by atoms with Crippen molar-refractivity contribution in [2.24, 2.45) is 5.10 Å². The highest BCUT2D eigenvalue weighted by Gasteiger charge is 2.19. The summed E-state index contributed by atoms with van der Waals surface area (Å²) >= 11 is 0. The Kier molecular flexibility index (Phi) is 5.20. The molecule has 3 heterocycles. The first-order valence-electron chi connectivity index (χ1n) is 9.03. The summed E-state index contributed by atoms with van der Waals surface area (Å²) in [6.07, 6.45) is 8.52. The number of rotatable bonds is 6. The van der Waals surface area contributed by atoms with E-state index in [2.05, 4.69) is 15.1 Å². The number of hydrogen-bond acceptors (Lipinski definition) is 6. The Morgan fingerprint density at radius 2 is 1.87 bits per heavy atom. The van der Waals surface area contributed by atoms with Gasteiger partial charge >= 0.3 is 0 Å². The minimum Gasteiger partial charge on any atom is -0.497 e. The number of ether oxygens (including phenoxy) is 1. The summed E-state index contributed by atoms with van der Waals surface area (Å²) < 4.78 is 33.3. The summed E-state index contributed by atoms with van der Waals surface area (Å²) in [5.74, 6) is 0.579. The second-order valence-electron chi connectivity index (χ2n) is 6.43. The average Bonchev–Trinajstić information content (AvgIpc) is 3.20. The molecule has 0 atom stereocenters. The van der Waals surface area contributed by atoms with E-state index in [9.17, 15) is 8.42 Å². The molecule has 0 aliphatic carbocycles. The number of hydrazone groups is 1. The monoisotopic (exact) mass is 421 g/mol. The molecule has 8 nitrogen and oxygen atoms in total. The molecule has 0 spiro atoms. The molecule has 152 valence electrons. The number of pyridine rings is 2. The van der Waals surface area contributed by atoms with Crippen molar-refractivity contribution in [3.05, 3.63) is 79.0 Å². The van der Waals surface area contributed by atoms with Gasteiger partial charge in [-0.2, -0.15) is 17.9 Å². The molecular formula is C21H19N5O3S. The van der Waals surface area contributed by atoms with E-state index in [1.807, 2.05) is 34.9 Å². The van der Waals surface area contributed by atoms with Gasteiger partial charge < -0.3 is 4.74 Å². The Balaban J connectivity index is 1.62. The maximum atomic E-state index is 12.7. The molecule has 0 aliphatic rings. The second kappa shape index (κ2) is 7.96. The number of sulfonamides is 1. The fraction of sp³-hybridized carbons (Fsp3) is 0.0952. The lowest BCUT2D eigenvalue weighted by atomic mass is 10.1. The van der Waals surface area contributed by atoms with Gasteiger partial charge in [-0.25, -0.2) is 4.98 Å². The lowest BCUT2D eigenvalue weighted by Gasteiger charge is -2.13. The van der Waals surface area contributed by atoms with E-state index in [0.29, 0.717) is 11.4 Å². The largest absolute Gasteiger partial charge is 0.497 e. The molecule has 4 aromatic rings. The van der Waals surface area contributed by atoms with Gasteiger partial charge in [-0.05, 0) is 42.5 Å². The van der Waals surface area contributed by atoms with Crippen molar-refractivity contribution in [3.8, 4) is 16.9 Å². The van der Waals surface area contributed by atoms with Crippen LogP contribution in [0.1, 0.15) is 5.69 Å². The number of methoxy groups -OCH3 is 1. The number of nitrogens with zero attached hydrogens (tertiary/aromatic N) is 5. The minimum absolute atomic E-state index is 0.125. The van der Waals surface area contributed by atoms with E-state index < -0.39 is 10.0 Å².